The van der Waals surface area contributed by atoms with Crippen molar-refractivity contribution in [1.82, 2.24) is 4.90 Å². The van der Waals surface area contributed by atoms with Gasteiger partial charge in [0.2, 0.25) is 0 Å². The van der Waals surface area contributed by atoms with Crippen LogP contribution in [0.25, 0.3) is 0 Å². The lowest BCUT2D eigenvalue weighted by Gasteiger charge is -2.33. The normalized spacial score (nSPS) is 13.6. The van der Waals surface area contributed by atoms with Crippen LogP contribution in [-0.2, 0) is 17.6 Å². The molecule has 222 valence electrons. The highest BCUT2D eigenvalue weighted by atomic mass is 79.9. The molecule has 7 heteroatoms. The monoisotopic (exact) mass is 695 g/mol. The van der Waals surface area contributed by atoms with Crippen LogP contribution in [0.4, 0.5) is 0 Å². The smallest absolute Gasteiger partial charge is 0.119 e. The number of hydrogen-bond acceptors (Lipinski definition) is 5. The van der Waals surface area contributed by atoms with Crippen LogP contribution < -0.4 is 4.74 Å². The summed E-state index contributed by atoms with van der Waals surface area (Å²) in [4.78, 5) is 2.16. The Bertz CT molecular complexity index is 1300. The highest BCUT2D eigenvalue weighted by Gasteiger charge is 2.23. The number of benzene rings is 4. The lowest BCUT2D eigenvalue weighted by Crippen LogP contribution is -2.40. The molecule has 5 nitrogen and oxygen atoms in total. The van der Waals surface area contributed by atoms with Gasteiger partial charge in [0, 0.05) is 28.1 Å². The zero-order valence-corrected chi connectivity index (χ0v) is 27.1. The highest BCUT2D eigenvalue weighted by Crippen LogP contribution is 2.25. The molecular weight excluding hydrogens is 658 g/mol. The summed E-state index contributed by atoms with van der Waals surface area (Å²) in [5.41, 5.74) is 4.10. The van der Waals surface area contributed by atoms with Crippen molar-refractivity contribution in [1.29, 1.82) is 0 Å². The van der Waals surface area contributed by atoms with Crippen LogP contribution in [0.3, 0.4) is 0 Å². The minimum Gasteiger partial charge on any atom is -0.491 e. The second-order valence-corrected chi connectivity index (χ2v) is 12.3. The Morgan fingerprint density at radius 3 is 1.83 bits per heavy atom. The van der Waals surface area contributed by atoms with Crippen molar-refractivity contribution in [3.05, 3.63) is 134 Å². The molecule has 0 aliphatic carbocycles. The summed E-state index contributed by atoms with van der Waals surface area (Å²) in [5, 5.41) is 22.2. The number of halogens is 2. The van der Waals surface area contributed by atoms with E-state index in [0.29, 0.717) is 32.9 Å². The Morgan fingerprint density at radius 2 is 1.26 bits per heavy atom. The van der Waals surface area contributed by atoms with E-state index in [2.05, 4.69) is 67.9 Å². The molecule has 3 atom stereocenters. The van der Waals surface area contributed by atoms with Crippen LogP contribution in [0, 0.1) is 0 Å². The molecule has 0 saturated heterocycles. The van der Waals surface area contributed by atoms with Gasteiger partial charge in [0.05, 0.1) is 25.4 Å². The average Bonchev–Trinajstić information content (AvgIpc) is 2.99. The third-order valence-electron chi connectivity index (χ3n) is 7.23. The van der Waals surface area contributed by atoms with Gasteiger partial charge in [-0.2, -0.15) is 0 Å². The largest absolute Gasteiger partial charge is 0.491 e. The van der Waals surface area contributed by atoms with Crippen molar-refractivity contribution in [2.75, 3.05) is 32.9 Å². The molecule has 0 unspecified atom stereocenters. The number of ether oxygens (including phenoxy) is 2. The SMILES string of the molecule is C[C@H](Cc1ccc(OCCOCCc2ccccc2)cc1)N(C[C@H](O)c1cccc(Br)c1)C[C@H](O)c1cccc(Br)c1. The molecule has 4 rings (SSSR count). The molecule has 4 aromatic rings. The Balaban J connectivity index is 1.31. The number of rotatable bonds is 16. The lowest BCUT2D eigenvalue weighted by molar-refractivity contribution is 0.0480. The van der Waals surface area contributed by atoms with Gasteiger partial charge in [-0.1, -0.05) is 98.6 Å². The number of hydrogen-bond donors (Lipinski definition) is 2. The van der Waals surface area contributed by atoms with Crippen LogP contribution in [0.1, 0.15) is 41.4 Å². The molecule has 0 saturated carbocycles. The first-order valence-electron chi connectivity index (χ1n) is 14.3. The van der Waals surface area contributed by atoms with Crippen molar-refractivity contribution in [3.63, 3.8) is 0 Å². The standard InChI is InChI=1S/C35H39Br2NO4/c1-26(21-28-13-15-33(16-14-28)42-20-19-41-18-17-27-7-3-2-4-8-27)38(24-34(39)29-9-5-11-31(36)22-29)25-35(40)30-10-6-12-32(37)23-30/h2-16,22-23,26,34-35,39-40H,17-21,24-25H2,1H3/t26-,34+,35+/m1/s1. The van der Waals surface area contributed by atoms with E-state index in [4.69, 9.17) is 9.47 Å². The van der Waals surface area contributed by atoms with E-state index in [1.807, 2.05) is 78.9 Å². The maximum atomic E-state index is 11.1. The summed E-state index contributed by atoms with van der Waals surface area (Å²) in [6.45, 7) is 4.65. The molecule has 0 spiro atoms. The molecule has 0 radical (unpaired) electrons. The third-order valence-corrected chi connectivity index (χ3v) is 8.22. The van der Waals surface area contributed by atoms with Gasteiger partial charge in [-0.3, -0.25) is 4.90 Å². The van der Waals surface area contributed by atoms with E-state index in [9.17, 15) is 10.2 Å². The first-order valence-corrected chi connectivity index (χ1v) is 15.9. The van der Waals surface area contributed by atoms with Gasteiger partial charge in [0.25, 0.3) is 0 Å². The summed E-state index contributed by atoms with van der Waals surface area (Å²) in [6.07, 6.45) is 0.278. The zero-order chi connectivity index (χ0) is 29.7. The van der Waals surface area contributed by atoms with Gasteiger partial charge >= 0.3 is 0 Å². The maximum absolute atomic E-state index is 11.1. The minimum atomic E-state index is -0.689. The van der Waals surface area contributed by atoms with Crippen molar-refractivity contribution in [2.24, 2.45) is 0 Å². The lowest BCUT2D eigenvalue weighted by atomic mass is 10.0. The number of aliphatic hydroxyl groups excluding tert-OH is 2. The molecule has 2 N–H and O–H groups in total. The summed E-state index contributed by atoms with van der Waals surface area (Å²) in [6, 6.07) is 34.0. The fourth-order valence-electron chi connectivity index (χ4n) is 4.86. The molecular formula is C35H39Br2NO4. The van der Waals surface area contributed by atoms with E-state index >= 15 is 0 Å². The van der Waals surface area contributed by atoms with Gasteiger partial charge in [-0.25, -0.2) is 0 Å². The molecule has 0 bridgehead atoms. The van der Waals surface area contributed by atoms with Crippen molar-refractivity contribution in [2.45, 2.75) is 38.0 Å². The summed E-state index contributed by atoms with van der Waals surface area (Å²) < 4.78 is 13.5. The Kier molecular flexibility index (Phi) is 13.1. The zero-order valence-electron chi connectivity index (χ0n) is 23.9. The Morgan fingerprint density at radius 1 is 0.667 bits per heavy atom. The van der Waals surface area contributed by atoms with Gasteiger partial charge in [0.15, 0.2) is 0 Å². The van der Waals surface area contributed by atoms with Gasteiger partial charge in [-0.15, -0.1) is 0 Å². The molecule has 0 amide bonds. The van der Waals surface area contributed by atoms with E-state index in [-0.39, 0.29) is 6.04 Å². The second kappa shape index (κ2) is 16.9. The Hall–Kier alpha value is -2.52. The fraction of sp³-hybridized carbons (Fsp3) is 0.314. The molecule has 0 aliphatic rings. The molecule has 0 aromatic heterocycles. The average molecular weight is 698 g/mol. The van der Waals surface area contributed by atoms with Crippen LogP contribution in [0.2, 0.25) is 0 Å². The van der Waals surface area contributed by atoms with Gasteiger partial charge in [0.1, 0.15) is 12.4 Å². The molecule has 0 aliphatic heterocycles. The third kappa shape index (κ3) is 10.6. The van der Waals surface area contributed by atoms with Crippen LogP contribution in [-0.4, -0.2) is 54.1 Å². The highest BCUT2D eigenvalue weighted by molar-refractivity contribution is 9.10. The van der Waals surface area contributed by atoms with Crippen molar-refractivity contribution in [3.8, 4) is 5.75 Å². The molecule has 0 heterocycles. The second-order valence-electron chi connectivity index (χ2n) is 10.5. The predicted octanol–water partition coefficient (Wildman–Crippen LogP) is 7.55. The van der Waals surface area contributed by atoms with E-state index < -0.39 is 12.2 Å². The molecule has 4 aromatic carbocycles. The maximum Gasteiger partial charge on any atom is 0.119 e. The van der Waals surface area contributed by atoms with E-state index in [1.54, 1.807) is 0 Å². The van der Waals surface area contributed by atoms with Crippen molar-refractivity contribution < 1.29 is 19.7 Å². The summed E-state index contributed by atoms with van der Waals surface area (Å²) in [7, 11) is 0. The topological polar surface area (TPSA) is 62.2 Å². The van der Waals surface area contributed by atoms with Gasteiger partial charge < -0.3 is 19.7 Å². The Labute approximate surface area is 266 Å². The first-order chi connectivity index (χ1) is 20.4. The number of nitrogens with zero attached hydrogens (tertiary/aromatic N) is 1. The van der Waals surface area contributed by atoms with E-state index in [0.717, 1.165) is 44.2 Å². The van der Waals surface area contributed by atoms with Gasteiger partial charge in [-0.05, 0) is 78.4 Å². The number of aliphatic hydroxyl groups is 2. The summed E-state index contributed by atoms with van der Waals surface area (Å²) >= 11 is 7.00. The van der Waals surface area contributed by atoms with Crippen LogP contribution in [0.5, 0.6) is 5.75 Å². The summed E-state index contributed by atoms with van der Waals surface area (Å²) in [5.74, 6) is 0.810. The van der Waals surface area contributed by atoms with Crippen LogP contribution >= 0.6 is 31.9 Å². The van der Waals surface area contributed by atoms with Crippen LogP contribution in [0.15, 0.2) is 112 Å². The first kappa shape index (κ1) is 32.4. The quantitative estimate of drug-likeness (QED) is 0.119. The predicted molar refractivity (Wildman–Crippen MR) is 176 cm³/mol. The molecule has 42 heavy (non-hydrogen) atoms. The minimum absolute atomic E-state index is 0.0680. The molecule has 0 fully saturated rings. The van der Waals surface area contributed by atoms with E-state index in [1.165, 1.54) is 5.56 Å². The van der Waals surface area contributed by atoms with Crippen molar-refractivity contribution >= 4 is 31.9 Å². The fourth-order valence-corrected chi connectivity index (χ4v) is 5.70.